The fourth-order valence-corrected chi connectivity index (χ4v) is 3.74. The number of carbonyl (C=O) groups is 1. The Bertz CT molecular complexity index is 983. The molecule has 0 bridgehead atoms. The summed E-state index contributed by atoms with van der Waals surface area (Å²) in [4.78, 5) is 33.4. The van der Waals surface area contributed by atoms with Crippen LogP contribution in [0, 0.1) is 0 Å². The third kappa shape index (κ3) is 4.77. The van der Waals surface area contributed by atoms with Crippen molar-refractivity contribution in [2.24, 2.45) is 0 Å². The van der Waals surface area contributed by atoms with E-state index in [0.717, 1.165) is 6.08 Å². The SMILES string of the molecule is CCOC(=O)[C@H](C)NP(=O)(O)CO[C@@H]1C=C(F)[C@H](n2cnc3c(N)ncnc32)O1. The van der Waals surface area contributed by atoms with Gasteiger partial charge in [-0.2, -0.15) is 0 Å². The van der Waals surface area contributed by atoms with Gasteiger partial charge in [0.05, 0.1) is 12.9 Å². The number of fused-ring (bicyclic) bond motifs is 1. The van der Waals surface area contributed by atoms with Gasteiger partial charge in [-0.3, -0.25) is 13.9 Å². The Morgan fingerprint density at radius 1 is 1.52 bits per heavy atom. The highest BCUT2D eigenvalue weighted by Gasteiger charge is 2.33. The first-order valence-electron chi connectivity index (χ1n) is 8.55. The molecule has 1 unspecified atom stereocenters. The second-order valence-corrected chi connectivity index (χ2v) is 8.01. The van der Waals surface area contributed by atoms with Crippen LogP contribution in [0.15, 0.2) is 24.6 Å². The van der Waals surface area contributed by atoms with Crippen molar-refractivity contribution in [2.75, 3.05) is 18.7 Å². The molecule has 12 nitrogen and oxygen atoms in total. The number of nitrogens with two attached hydrogens (primary N) is 1. The highest BCUT2D eigenvalue weighted by molar-refractivity contribution is 7.55. The molecule has 0 aromatic carbocycles. The standard InChI is InChI=1S/C15H20FN6O6P/c1-3-26-15(23)8(2)21-29(24,25)7-27-10-4-9(16)14(28-10)22-6-20-11-12(17)18-5-19-13(11)22/h4-6,8,10,14H,3,7H2,1-2H3,(H2,17,18,19)(H2,21,24,25)/t8-,10-,14+/m0/s1. The van der Waals surface area contributed by atoms with E-state index < -0.39 is 44.2 Å². The fourth-order valence-electron chi connectivity index (χ4n) is 2.61. The normalized spacial score (nSPS) is 22.3. The van der Waals surface area contributed by atoms with Gasteiger partial charge < -0.3 is 24.8 Å². The third-order valence-corrected chi connectivity index (χ3v) is 5.17. The minimum absolute atomic E-state index is 0.131. The number of hydrogen-bond donors (Lipinski definition) is 3. The number of esters is 1. The van der Waals surface area contributed by atoms with E-state index in [-0.39, 0.29) is 23.6 Å². The fraction of sp³-hybridized carbons (Fsp3) is 0.467. The number of hydrogen-bond acceptors (Lipinski definition) is 9. The molecule has 4 N–H and O–H groups in total. The zero-order valence-electron chi connectivity index (χ0n) is 15.6. The second-order valence-electron chi connectivity index (χ2n) is 6.09. The number of anilines is 1. The lowest BCUT2D eigenvalue weighted by molar-refractivity contribution is -0.144. The minimum atomic E-state index is -4.08. The summed E-state index contributed by atoms with van der Waals surface area (Å²) < 4.78 is 43.2. The number of carbonyl (C=O) groups excluding carboxylic acids is 1. The zero-order valence-corrected chi connectivity index (χ0v) is 16.5. The predicted molar refractivity (Wildman–Crippen MR) is 97.8 cm³/mol. The lowest BCUT2D eigenvalue weighted by Crippen LogP contribution is -2.34. The summed E-state index contributed by atoms with van der Waals surface area (Å²) in [6, 6.07) is -1.03. The molecule has 2 aromatic heterocycles. The largest absolute Gasteiger partial charge is 0.465 e. The van der Waals surface area contributed by atoms with Gasteiger partial charge in [0, 0.05) is 6.08 Å². The molecule has 4 atom stereocenters. The molecule has 0 spiro atoms. The maximum absolute atomic E-state index is 14.4. The molecule has 0 aliphatic carbocycles. The second kappa shape index (κ2) is 8.51. The van der Waals surface area contributed by atoms with Crippen LogP contribution in [0.4, 0.5) is 10.2 Å². The first kappa shape index (κ1) is 21.3. The first-order chi connectivity index (χ1) is 13.7. The monoisotopic (exact) mass is 430 g/mol. The van der Waals surface area contributed by atoms with Crippen LogP contribution in [0.5, 0.6) is 0 Å². The summed E-state index contributed by atoms with van der Waals surface area (Å²) in [7, 11) is -4.08. The van der Waals surface area contributed by atoms with E-state index in [4.69, 9.17) is 19.9 Å². The lowest BCUT2D eigenvalue weighted by atomic mass is 10.4. The van der Waals surface area contributed by atoms with Crippen molar-refractivity contribution in [1.82, 2.24) is 24.6 Å². The number of aromatic nitrogens is 4. The Kier molecular flexibility index (Phi) is 6.24. The van der Waals surface area contributed by atoms with Gasteiger partial charge in [-0.1, -0.05) is 0 Å². The summed E-state index contributed by atoms with van der Waals surface area (Å²) in [5, 5.41) is 2.24. The molecule has 0 saturated carbocycles. The van der Waals surface area contributed by atoms with Gasteiger partial charge in [0.15, 0.2) is 29.8 Å². The summed E-state index contributed by atoms with van der Waals surface area (Å²) in [6.07, 6.45) is 0.308. The summed E-state index contributed by atoms with van der Waals surface area (Å²) in [5.41, 5.74) is 6.24. The Hall–Kier alpha value is -2.44. The van der Waals surface area contributed by atoms with E-state index in [2.05, 4.69) is 20.0 Å². The van der Waals surface area contributed by atoms with Crippen LogP contribution in [-0.4, -0.2) is 55.7 Å². The Labute approximate surface area is 164 Å². The van der Waals surface area contributed by atoms with E-state index >= 15 is 0 Å². The van der Waals surface area contributed by atoms with Crippen molar-refractivity contribution < 1.29 is 32.9 Å². The number of ether oxygens (including phenoxy) is 3. The van der Waals surface area contributed by atoms with Gasteiger partial charge in [-0.15, -0.1) is 0 Å². The molecular weight excluding hydrogens is 410 g/mol. The van der Waals surface area contributed by atoms with Crippen molar-refractivity contribution in [3.63, 3.8) is 0 Å². The highest BCUT2D eigenvalue weighted by atomic mass is 31.2. The minimum Gasteiger partial charge on any atom is -0.465 e. The quantitative estimate of drug-likeness (QED) is 0.401. The third-order valence-electron chi connectivity index (χ3n) is 3.88. The Balaban J connectivity index is 1.62. The first-order valence-corrected chi connectivity index (χ1v) is 10.4. The summed E-state index contributed by atoms with van der Waals surface area (Å²) >= 11 is 0. The maximum Gasteiger partial charge on any atom is 0.323 e. The van der Waals surface area contributed by atoms with Gasteiger partial charge in [0.2, 0.25) is 0 Å². The number of nitrogens with one attached hydrogen (secondary N) is 1. The summed E-state index contributed by atoms with van der Waals surface area (Å²) in [6.45, 7) is 3.13. The smallest absolute Gasteiger partial charge is 0.323 e. The van der Waals surface area contributed by atoms with Crippen LogP contribution >= 0.6 is 7.52 Å². The van der Waals surface area contributed by atoms with Crippen LogP contribution < -0.4 is 10.8 Å². The van der Waals surface area contributed by atoms with Crippen molar-refractivity contribution >= 4 is 30.5 Å². The molecule has 3 rings (SSSR count). The molecule has 3 heterocycles. The van der Waals surface area contributed by atoms with Gasteiger partial charge in [0.1, 0.15) is 24.2 Å². The van der Waals surface area contributed by atoms with E-state index in [1.54, 1.807) is 6.92 Å². The molecule has 0 amide bonds. The van der Waals surface area contributed by atoms with Crippen LogP contribution in [-0.2, 0) is 23.6 Å². The molecule has 14 heteroatoms. The van der Waals surface area contributed by atoms with Crippen molar-refractivity contribution in [1.29, 1.82) is 0 Å². The predicted octanol–water partition coefficient (Wildman–Crippen LogP) is 0.817. The molecule has 29 heavy (non-hydrogen) atoms. The van der Waals surface area contributed by atoms with Crippen LogP contribution in [0.25, 0.3) is 11.2 Å². The molecule has 0 radical (unpaired) electrons. The van der Waals surface area contributed by atoms with Gasteiger partial charge in [-0.05, 0) is 13.8 Å². The van der Waals surface area contributed by atoms with E-state index in [1.165, 1.54) is 24.1 Å². The Morgan fingerprint density at radius 2 is 2.28 bits per heavy atom. The van der Waals surface area contributed by atoms with Crippen molar-refractivity contribution in [2.45, 2.75) is 32.4 Å². The van der Waals surface area contributed by atoms with Crippen LogP contribution in [0.3, 0.4) is 0 Å². The number of rotatable bonds is 8. The van der Waals surface area contributed by atoms with Gasteiger partial charge in [-0.25, -0.2) is 24.4 Å². The molecule has 0 saturated heterocycles. The van der Waals surface area contributed by atoms with E-state index in [1.807, 2.05) is 0 Å². The van der Waals surface area contributed by atoms with Crippen LogP contribution in [0.2, 0.25) is 0 Å². The molecular formula is C15H20FN6O6P. The number of halogens is 1. The molecule has 158 valence electrons. The molecule has 2 aromatic rings. The number of nitrogens with zero attached hydrogens (tertiary/aromatic N) is 4. The molecule has 1 aliphatic rings. The lowest BCUT2D eigenvalue weighted by Gasteiger charge is -2.20. The molecule has 0 fully saturated rings. The number of nitrogen functional groups attached to an aromatic ring is 1. The van der Waals surface area contributed by atoms with Crippen LogP contribution in [0.1, 0.15) is 20.1 Å². The summed E-state index contributed by atoms with van der Waals surface area (Å²) in [5.74, 6) is -1.25. The van der Waals surface area contributed by atoms with Gasteiger partial charge >= 0.3 is 5.97 Å². The maximum atomic E-state index is 14.4. The van der Waals surface area contributed by atoms with E-state index in [9.17, 15) is 18.6 Å². The topological polar surface area (TPSA) is 164 Å². The highest BCUT2D eigenvalue weighted by Crippen LogP contribution is 2.39. The zero-order chi connectivity index (χ0) is 21.2. The average Bonchev–Trinajstić information content (AvgIpc) is 3.24. The van der Waals surface area contributed by atoms with Crippen molar-refractivity contribution in [3.8, 4) is 0 Å². The Morgan fingerprint density at radius 3 is 3.00 bits per heavy atom. The van der Waals surface area contributed by atoms with Crippen molar-refractivity contribution in [3.05, 3.63) is 24.6 Å². The molecule has 1 aliphatic heterocycles. The number of imidazole rings is 1. The van der Waals surface area contributed by atoms with Gasteiger partial charge in [0.25, 0.3) is 7.52 Å². The van der Waals surface area contributed by atoms with E-state index in [0.29, 0.717) is 0 Å². The average molecular weight is 430 g/mol.